The number of phenols is 1. The first-order valence-electron chi connectivity index (χ1n) is 7.03. The summed E-state index contributed by atoms with van der Waals surface area (Å²) in [5, 5.41) is 36.4. The lowest BCUT2D eigenvalue weighted by Gasteiger charge is -2.10. The Kier molecular flexibility index (Phi) is 7.56. The largest absolute Gasteiger partial charge is 0.504 e. The van der Waals surface area contributed by atoms with Crippen molar-refractivity contribution in [3.05, 3.63) is 23.8 Å². The summed E-state index contributed by atoms with van der Waals surface area (Å²) >= 11 is 0. The minimum Gasteiger partial charge on any atom is -0.504 e. The van der Waals surface area contributed by atoms with Crippen molar-refractivity contribution in [3.8, 4) is 11.5 Å². The van der Waals surface area contributed by atoms with Gasteiger partial charge in [-0.05, 0) is 25.0 Å². The maximum atomic E-state index is 10.8. The lowest BCUT2D eigenvalue weighted by molar-refractivity contribution is 0.0692. The van der Waals surface area contributed by atoms with Crippen LogP contribution in [0.2, 0.25) is 0 Å². The fraction of sp³-hybridized carbons (Fsp3) is 0.533. The number of hydrogen-bond acceptors (Lipinski definition) is 5. The molecule has 118 valence electrons. The number of aliphatic hydroxyl groups excluding tert-OH is 2. The molecule has 0 aliphatic rings. The maximum Gasteiger partial charge on any atom is 0.339 e. The number of aromatic carboxylic acids is 1. The van der Waals surface area contributed by atoms with E-state index in [1.807, 2.05) is 0 Å². The molecule has 6 heteroatoms. The summed E-state index contributed by atoms with van der Waals surface area (Å²) in [6.45, 7) is 0.182. The number of carbonyl (C=O) groups is 1. The molecule has 0 amide bonds. The number of para-hydroxylation sites is 1. The van der Waals surface area contributed by atoms with E-state index in [4.69, 9.17) is 20.1 Å². The standard InChI is InChI=1S/C15H22O6/c16-10-11(17)6-3-1-2-4-9-21-13-8-5-7-12(14(13)18)15(19)20/h5,7-8,11,16-18H,1-4,6,9-10H2,(H,19,20). The minimum atomic E-state index is -1.19. The molecule has 0 aliphatic heterocycles. The van der Waals surface area contributed by atoms with Crippen LogP contribution >= 0.6 is 0 Å². The molecule has 1 rings (SSSR count). The van der Waals surface area contributed by atoms with Crippen molar-refractivity contribution < 1.29 is 30.0 Å². The smallest absolute Gasteiger partial charge is 0.339 e. The Balaban J connectivity index is 2.24. The van der Waals surface area contributed by atoms with E-state index in [-0.39, 0.29) is 23.7 Å². The molecule has 21 heavy (non-hydrogen) atoms. The van der Waals surface area contributed by atoms with Gasteiger partial charge in [-0.15, -0.1) is 0 Å². The first-order chi connectivity index (χ1) is 10.1. The SMILES string of the molecule is O=C(O)c1cccc(OCCCCCCC(O)CO)c1O. The highest BCUT2D eigenvalue weighted by Crippen LogP contribution is 2.29. The van der Waals surface area contributed by atoms with Crippen molar-refractivity contribution in [3.63, 3.8) is 0 Å². The topological polar surface area (TPSA) is 107 Å². The fourth-order valence-electron chi connectivity index (χ4n) is 1.92. The molecule has 0 fully saturated rings. The second-order valence-electron chi connectivity index (χ2n) is 4.85. The molecular weight excluding hydrogens is 276 g/mol. The number of rotatable bonds is 10. The van der Waals surface area contributed by atoms with Gasteiger partial charge in [-0.2, -0.15) is 0 Å². The Morgan fingerprint density at radius 3 is 2.57 bits per heavy atom. The van der Waals surface area contributed by atoms with Crippen molar-refractivity contribution in [2.45, 2.75) is 38.2 Å². The quantitative estimate of drug-likeness (QED) is 0.490. The van der Waals surface area contributed by atoms with E-state index in [1.54, 1.807) is 0 Å². The third-order valence-corrected chi connectivity index (χ3v) is 3.13. The van der Waals surface area contributed by atoms with E-state index in [1.165, 1.54) is 18.2 Å². The van der Waals surface area contributed by atoms with Crippen LogP contribution in [0, 0.1) is 0 Å². The molecule has 0 saturated carbocycles. The monoisotopic (exact) mass is 298 g/mol. The molecule has 1 aromatic carbocycles. The summed E-state index contributed by atoms with van der Waals surface area (Å²) < 4.78 is 5.37. The van der Waals surface area contributed by atoms with Crippen molar-refractivity contribution in [1.82, 2.24) is 0 Å². The van der Waals surface area contributed by atoms with Crippen molar-refractivity contribution in [1.29, 1.82) is 0 Å². The van der Waals surface area contributed by atoms with Crippen LogP contribution in [0.1, 0.15) is 42.5 Å². The molecule has 6 nitrogen and oxygen atoms in total. The van der Waals surface area contributed by atoms with Gasteiger partial charge in [-0.25, -0.2) is 4.79 Å². The Bertz CT molecular complexity index is 446. The van der Waals surface area contributed by atoms with Gasteiger partial charge in [-0.3, -0.25) is 0 Å². The molecule has 0 heterocycles. The van der Waals surface area contributed by atoms with Crippen LogP contribution in [0.15, 0.2) is 18.2 Å². The van der Waals surface area contributed by atoms with Gasteiger partial charge in [0.15, 0.2) is 11.5 Å². The van der Waals surface area contributed by atoms with E-state index in [9.17, 15) is 9.90 Å². The number of hydrogen-bond donors (Lipinski definition) is 4. The number of unbranched alkanes of at least 4 members (excludes halogenated alkanes) is 3. The molecule has 0 radical (unpaired) electrons. The van der Waals surface area contributed by atoms with E-state index < -0.39 is 12.1 Å². The molecule has 0 saturated heterocycles. The average Bonchev–Trinajstić information content (AvgIpc) is 2.47. The summed E-state index contributed by atoms with van der Waals surface area (Å²) in [5.41, 5.74) is -0.175. The zero-order valence-corrected chi connectivity index (χ0v) is 11.9. The van der Waals surface area contributed by atoms with Crippen molar-refractivity contribution in [2.75, 3.05) is 13.2 Å². The van der Waals surface area contributed by atoms with Gasteiger partial charge in [0.05, 0.1) is 19.3 Å². The second-order valence-corrected chi connectivity index (χ2v) is 4.85. The zero-order valence-electron chi connectivity index (χ0n) is 11.9. The highest BCUT2D eigenvalue weighted by molar-refractivity contribution is 5.91. The number of carboxylic acids is 1. The second kappa shape index (κ2) is 9.20. The van der Waals surface area contributed by atoms with Crippen LogP contribution in [0.3, 0.4) is 0 Å². The molecular formula is C15H22O6. The summed E-state index contributed by atoms with van der Waals surface area (Å²) in [4.78, 5) is 10.8. The molecule has 0 aliphatic carbocycles. The Hall–Kier alpha value is -1.79. The van der Waals surface area contributed by atoms with Gasteiger partial charge >= 0.3 is 5.97 Å². The number of benzene rings is 1. The van der Waals surface area contributed by atoms with E-state index in [0.717, 1.165) is 25.7 Å². The number of ether oxygens (including phenoxy) is 1. The normalized spacial score (nSPS) is 12.1. The average molecular weight is 298 g/mol. The highest BCUT2D eigenvalue weighted by Gasteiger charge is 2.13. The summed E-state index contributed by atoms with van der Waals surface area (Å²) in [6.07, 6.45) is 3.36. The molecule has 0 aromatic heterocycles. The highest BCUT2D eigenvalue weighted by atomic mass is 16.5. The summed E-state index contributed by atoms with van der Waals surface area (Å²) in [7, 11) is 0. The third-order valence-electron chi connectivity index (χ3n) is 3.13. The van der Waals surface area contributed by atoms with Crippen LogP contribution in [0.25, 0.3) is 0 Å². The van der Waals surface area contributed by atoms with E-state index >= 15 is 0 Å². The molecule has 0 spiro atoms. The van der Waals surface area contributed by atoms with Crippen LogP contribution in [0.4, 0.5) is 0 Å². The van der Waals surface area contributed by atoms with Gasteiger partial charge < -0.3 is 25.2 Å². The van der Waals surface area contributed by atoms with Crippen LogP contribution < -0.4 is 4.74 Å². The predicted octanol–water partition coefficient (Wildman–Crippen LogP) is 1.77. The first kappa shape index (κ1) is 17.3. The molecule has 1 atom stereocenters. The number of aliphatic hydroxyl groups is 2. The molecule has 1 unspecified atom stereocenters. The van der Waals surface area contributed by atoms with Gasteiger partial charge in [-0.1, -0.05) is 25.3 Å². The molecule has 0 bridgehead atoms. The molecule has 4 N–H and O–H groups in total. The Labute approximate surface area is 123 Å². The van der Waals surface area contributed by atoms with E-state index in [0.29, 0.717) is 13.0 Å². The number of aromatic hydroxyl groups is 1. The van der Waals surface area contributed by atoms with Crippen LogP contribution in [-0.2, 0) is 0 Å². The third kappa shape index (κ3) is 6.01. The summed E-state index contributed by atoms with van der Waals surface area (Å²) in [6, 6.07) is 4.37. The first-order valence-corrected chi connectivity index (χ1v) is 7.03. The van der Waals surface area contributed by atoms with Gasteiger partial charge in [0.2, 0.25) is 0 Å². The minimum absolute atomic E-state index is 0.172. The fourth-order valence-corrected chi connectivity index (χ4v) is 1.92. The van der Waals surface area contributed by atoms with E-state index in [2.05, 4.69) is 0 Å². The van der Waals surface area contributed by atoms with Crippen molar-refractivity contribution >= 4 is 5.97 Å². The maximum absolute atomic E-state index is 10.8. The lowest BCUT2D eigenvalue weighted by atomic mass is 10.1. The predicted molar refractivity (Wildman–Crippen MR) is 76.7 cm³/mol. The Morgan fingerprint density at radius 2 is 1.90 bits per heavy atom. The van der Waals surface area contributed by atoms with Gasteiger partial charge in [0.25, 0.3) is 0 Å². The lowest BCUT2D eigenvalue weighted by Crippen LogP contribution is -2.11. The Morgan fingerprint density at radius 1 is 1.19 bits per heavy atom. The molecule has 1 aromatic rings. The van der Waals surface area contributed by atoms with Crippen molar-refractivity contribution in [2.24, 2.45) is 0 Å². The van der Waals surface area contributed by atoms with Crippen LogP contribution in [0.5, 0.6) is 11.5 Å². The zero-order chi connectivity index (χ0) is 15.7. The summed E-state index contributed by atoms with van der Waals surface area (Å²) in [5.74, 6) is -1.37. The number of carboxylic acid groups (broad SMARTS) is 1. The van der Waals surface area contributed by atoms with Crippen LogP contribution in [-0.4, -0.2) is 45.7 Å². The van der Waals surface area contributed by atoms with Gasteiger partial charge in [0.1, 0.15) is 5.56 Å². The van der Waals surface area contributed by atoms with Gasteiger partial charge in [0, 0.05) is 0 Å².